The van der Waals surface area contributed by atoms with E-state index in [0.29, 0.717) is 21.6 Å². The molecule has 0 saturated carbocycles. The van der Waals surface area contributed by atoms with Crippen LogP contribution in [0.4, 0.5) is 5.69 Å². The Morgan fingerprint density at radius 2 is 1.76 bits per heavy atom. The van der Waals surface area contributed by atoms with Gasteiger partial charge in [0, 0.05) is 21.7 Å². The van der Waals surface area contributed by atoms with Crippen molar-refractivity contribution in [2.24, 2.45) is 0 Å². The van der Waals surface area contributed by atoms with Crippen molar-refractivity contribution in [3.63, 3.8) is 0 Å². The lowest BCUT2D eigenvalue weighted by Gasteiger charge is -2.09. The third kappa shape index (κ3) is 4.06. The molecule has 110 valence electrons. The summed E-state index contributed by atoms with van der Waals surface area (Å²) in [5.41, 5.74) is 0.588. The number of carbonyl (C=O) groups is 1. The van der Waals surface area contributed by atoms with E-state index in [9.17, 15) is 4.79 Å². The van der Waals surface area contributed by atoms with E-state index in [1.807, 2.05) is 13.8 Å². The highest BCUT2D eigenvalue weighted by Crippen LogP contribution is 2.24. The topological polar surface area (TPSA) is 54.9 Å². The predicted molar refractivity (Wildman–Crippen MR) is 85.5 cm³/mol. The molecule has 1 heterocycles. The van der Waals surface area contributed by atoms with Crippen molar-refractivity contribution in [1.29, 1.82) is 0 Å². The van der Waals surface area contributed by atoms with E-state index in [0.717, 1.165) is 0 Å². The first-order chi connectivity index (χ1) is 9.86. The molecule has 0 radical (unpaired) electrons. The van der Waals surface area contributed by atoms with Crippen molar-refractivity contribution in [3.05, 3.63) is 51.0 Å². The average molecular weight is 345 g/mol. The van der Waals surface area contributed by atoms with Gasteiger partial charge >= 0.3 is 0 Å². The van der Waals surface area contributed by atoms with Crippen LogP contribution in [0.15, 0.2) is 24.4 Å². The van der Waals surface area contributed by atoms with Crippen molar-refractivity contribution in [3.8, 4) is 0 Å². The highest BCUT2D eigenvalue weighted by Gasteiger charge is 2.16. The molecule has 0 aliphatic rings. The van der Waals surface area contributed by atoms with Crippen LogP contribution in [0.2, 0.25) is 15.1 Å². The summed E-state index contributed by atoms with van der Waals surface area (Å²) in [7, 11) is 0. The maximum atomic E-state index is 12.3. The Bertz CT molecular complexity index is 669. The Balaban J connectivity index is 2.29. The number of aromatic nitrogens is 2. The lowest BCUT2D eigenvalue weighted by Crippen LogP contribution is -2.16. The number of benzene rings is 1. The van der Waals surface area contributed by atoms with E-state index in [1.54, 1.807) is 18.2 Å². The largest absolute Gasteiger partial charge is 0.321 e. The van der Waals surface area contributed by atoms with Crippen LogP contribution < -0.4 is 5.32 Å². The quantitative estimate of drug-likeness (QED) is 0.869. The fourth-order valence-electron chi connectivity index (χ4n) is 1.63. The summed E-state index contributed by atoms with van der Waals surface area (Å²) in [6.07, 6.45) is 1.42. The maximum Gasteiger partial charge on any atom is 0.275 e. The molecule has 2 rings (SSSR count). The van der Waals surface area contributed by atoms with E-state index < -0.39 is 5.91 Å². The van der Waals surface area contributed by atoms with Gasteiger partial charge in [0.2, 0.25) is 0 Å². The van der Waals surface area contributed by atoms with Crippen molar-refractivity contribution in [1.82, 2.24) is 9.97 Å². The second-order valence-corrected chi connectivity index (χ2v) is 5.97. The molecule has 0 unspecified atom stereocenters. The van der Waals surface area contributed by atoms with Crippen molar-refractivity contribution >= 4 is 46.4 Å². The normalized spacial score (nSPS) is 10.8. The Morgan fingerprint density at radius 3 is 2.33 bits per heavy atom. The summed E-state index contributed by atoms with van der Waals surface area (Å²) < 4.78 is 0. The first-order valence-corrected chi connectivity index (χ1v) is 7.30. The van der Waals surface area contributed by atoms with Crippen LogP contribution in [-0.4, -0.2) is 15.9 Å². The van der Waals surface area contributed by atoms with Crippen LogP contribution in [0.3, 0.4) is 0 Å². The Morgan fingerprint density at radius 1 is 1.14 bits per heavy atom. The first kappa shape index (κ1) is 16.0. The monoisotopic (exact) mass is 343 g/mol. The highest BCUT2D eigenvalue weighted by molar-refractivity contribution is 6.35. The molecular weight excluding hydrogens is 333 g/mol. The van der Waals surface area contributed by atoms with E-state index in [1.165, 1.54) is 6.20 Å². The maximum absolute atomic E-state index is 12.3. The van der Waals surface area contributed by atoms with Gasteiger partial charge < -0.3 is 5.32 Å². The van der Waals surface area contributed by atoms with Crippen LogP contribution in [-0.2, 0) is 0 Å². The second-order valence-electron chi connectivity index (χ2n) is 4.69. The molecule has 0 atom stereocenters. The van der Waals surface area contributed by atoms with E-state index in [2.05, 4.69) is 15.3 Å². The molecule has 0 fully saturated rings. The van der Waals surface area contributed by atoms with Gasteiger partial charge in [-0.3, -0.25) is 4.79 Å². The zero-order chi connectivity index (χ0) is 15.6. The lowest BCUT2D eigenvalue weighted by molar-refractivity contribution is 0.102. The van der Waals surface area contributed by atoms with Crippen LogP contribution in [0.1, 0.15) is 36.1 Å². The Labute approximate surface area is 137 Å². The fraction of sp³-hybridized carbons (Fsp3) is 0.214. The first-order valence-electron chi connectivity index (χ1n) is 6.16. The van der Waals surface area contributed by atoms with Crippen molar-refractivity contribution < 1.29 is 4.79 Å². The number of carbonyl (C=O) groups excluding carboxylic acids is 1. The fourth-order valence-corrected chi connectivity index (χ4v) is 2.34. The van der Waals surface area contributed by atoms with E-state index in [4.69, 9.17) is 34.8 Å². The van der Waals surface area contributed by atoms with Crippen molar-refractivity contribution in [2.45, 2.75) is 19.8 Å². The zero-order valence-electron chi connectivity index (χ0n) is 11.3. The molecule has 2 aromatic rings. The van der Waals surface area contributed by atoms with E-state index in [-0.39, 0.29) is 16.6 Å². The smallest absolute Gasteiger partial charge is 0.275 e. The lowest BCUT2D eigenvalue weighted by atomic mass is 10.2. The summed E-state index contributed by atoms with van der Waals surface area (Å²) in [6, 6.07) is 4.75. The minimum Gasteiger partial charge on any atom is -0.321 e. The Kier molecular flexibility index (Phi) is 5.04. The number of anilines is 1. The summed E-state index contributed by atoms with van der Waals surface area (Å²) in [5, 5.41) is 3.70. The second kappa shape index (κ2) is 6.60. The standard InChI is InChI=1S/C14H12Cl3N3O/c1-7(2)13-18-6-11(17)12(20-13)14(21)19-10-4-8(15)3-9(16)5-10/h3-7H,1-2H3,(H,19,21). The molecule has 1 aromatic carbocycles. The molecule has 0 spiro atoms. The van der Waals surface area contributed by atoms with Crippen LogP contribution in [0, 0.1) is 0 Å². The number of amides is 1. The van der Waals surface area contributed by atoms with Crippen LogP contribution in [0.25, 0.3) is 0 Å². The van der Waals surface area contributed by atoms with Crippen LogP contribution >= 0.6 is 34.8 Å². The molecule has 0 aliphatic heterocycles. The summed E-state index contributed by atoms with van der Waals surface area (Å²) in [5.74, 6) is 0.200. The van der Waals surface area contributed by atoms with Gasteiger partial charge in [0.1, 0.15) is 5.82 Å². The zero-order valence-corrected chi connectivity index (χ0v) is 13.6. The molecule has 21 heavy (non-hydrogen) atoms. The number of rotatable bonds is 3. The summed E-state index contributed by atoms with van der Waals surface area (Å²) in [4.78, 5) is 20.5. The third-order valence-corrected chi connectivity index (χ3v) is 3.33. The number of hydrogen-bond donors (Lipinski definition) is 1. The molecule has 4 nitrogen and oxygen atoms in total. The summed E-state index contributed by atoms with van der Waals surface area (Å²) in [6.45, 7) is 3.86. The number of hydrogen-bond acceptors (Lipinski definition) is 3. The van der Waals surface area contributed by atoms with Gasteiger partial charge in [-0.25, -0.2) is 9.97 Å². The SMILES string of the molecule is CC(C)c1ncc(Cl)c(C(=O)Nc2cc(Cl)cc(Cl)c2)n1. The molecule has 1 amide bonds. The van der Waals surface area contributed by atoms with Gasteiger partial charge in [-0.15, -0.1) is 0 Å². The molecule has 0 aliphatic carbocycles. The molecule has 0 bridgehead atoms. The molecule has 1 N–H and O–H groups in total. The van der Waals surface area contributed by atoms with E-state index >= 15 is 0 Å². The Hall–Kier alpha value is -1.36. The molecular formula is C14H12Cl3N3O. The highest BCUT2D eigenvalue weighted by atomic mass is 35.5. The van der Waals surface area contributed by atoms with Gasteiger partial charge in [0.15, 0.2) is 5.69 Å². The number of halogens is 3. The predicted octanol–water partition coefficient (Wildman–Crippen LogP) is 4.81. The minimum atomic E-state index is -0.442. The number of nitrogens with zero attached hydrogens (tertiary/aromatic N) is 2. The summed E-state index contributed by atoms with van der Waals surface area (Å²) >= 11 is 17.8. The van der Waals surface area contributed by atoms with Gasteiger partial charge in [-0.1, -0.05) is 48.7 Å². The molecule has 0 saturated heterocycles. The van der Waals surface area contributed by atoms with Gasteiger partial charge in [0.05, 0.1) is 11.2 Å². The molecule has 7 heteroatoms. The number of nitrogens with one attached hydrogen (secondary N) is 1. The van der Waals surface area contributed by atoms with Gasteiger partial charge in [-0.2, -0.15) is 0 Å². The average Bonchev–Trinajstić information content (AvgIpc) is 2.37. The molecule has 1 aromatic heterocycles. The third-order valence-electron chi connectivity index (χ3n) is 2.61. The van der Waals surface area contributed by atoms with Gasteiger partial charge in [-0.05, 0) is 18.2 Å². The van der Waals surface area contributed by atoms with Gasteiger partial charge in [0.25, 0.3) is 5.91 Å². The minimum absolute atomic E-state index is 0.0921. The van der Waals surface area contributed by atoms with Crippen molar-refractivity contribution in [2.75, 3.05) is 5.32 Å². The van der Waals surface area contributed by atoms with Crippen LogP contribution in [0.5, 0.6) is 0 Å².